The maximum Gasteiger partial charge on any atom is 0.259 e. The first kappa shape index (κ1) is 16.8. The first-order valence-corrected chi connectivity index (χ1v) is 8.68. The Hall–Kier alpha value is -2.01. The number of carbonyl (C=O) groups excluding carboxylic acids is 1. The van der Waals surface area contributed by atoms with Gasteiger partial charge in [0.2, 0.25) is 0 Å². The molecule has 0 bridgehead atoms. The highest BCUT2D eigenvalue weighted by atomic mass is 79.9. The van der Waals surface area contributed by atoms with Gasteiger partial charge in [-0.3, -0.25) is 4.79 Å². The number of amides is 1. The fourth-order valence-electron chi connectivity index (χ4n) is 3.16. The number of methoxy groups -OCH3 is 2. The van der Waals surface area contributed by atoms with Crippen LogP contribution in [0.5, 0.6) is 11.5 Å². The largest absolute Gasteiger partial charge is 0.497 e. The van der Waals surface area contributed by atoms with Crippen molar-refractivity contribution in [3.05, 3.63) is 51.5 Å². The third-order valence-electron chi connectivity index (χ3n) is 4.43. The molecule has 0 atom stereocenters. The van der Waals surface area contributed by atoms with Gasteiger partial charge in [0.15, 0.2) is 0 Å². The van der Waals surface area contributed by atoms with Crippen LogP contribution in [0.25, 0.3) is 0 Å². The van der Waals surface area contributed by atoms with E-state index in [0.717, 1.165) is 28.8 Å². The maximum absolute atomic E-state index is 13.2. The van der Waals surface area contributed by atoms with Gasteiger partial charge in [-0.1, -0.05) is 6.07 Å². The molecule has 126 valence electrons. The molecular formula is C19H20BrNO3. The van der Waals surface area contributed by atoms with Gasteiger partial charge in [-0.05, 0) is 71.1 Å². The molecule has 2 aromatic carbocycles. The Labute approximate surface area is 150 Å². The molecule has 0 aliphatic carbocycles. The predicted octanol–water partition coefficient (Wildman–Crippen LogP) is 4.37. The average molecular weight is 390 g/mol. The van der Waals surface area contributed by atoms with E-state index in [1.54, 1.807) is 20.3 Å². The van der Waals surface area contributed by atoms with Gasteiger partial charge in [-0.25, -0.2) is 0 Å². The van der Waals surface area contributed by atoms with Gasteiger partial charge in [-0.2, -0.15) is 0 Å². The lowest BCUT2D eigenvalue weighted by Crippen LogP contribution is -2.36. The zero-order valence-corrected chi connectivity index (χ0v) is 15.6. The second kappa shape index (κ2) is 6.85. The summed E-state index contributed by atoms with van der Waals surface area (Å²) in [6, 6.07) is 9.41. The average Bonchev–Trinajstić information content (AvgIpc) is 2.61. The number of fused-ring (bicyclic) bond motifs is 1. The van der Waals surface area contributed by atoms with Crippen molar-refractivity contribution in [2.45, 2.75) is 19.8 Å². The lowest BCUT2D eigenvalue weighted by molar-refractivity contribution is 0.0983. The van der Waals surface area contributed by atoms with Crippen LogP contribution in [0.1, 0.15) is 27.9 Å². The third kappa shape index (κ3) is 2.88. The summed E-state index contributed by atoms with van der Waals surface area (Å²) in [5.74, 6) is 1.35. The minimum Gasteiger partial charge on any atom is -0.497 e. The SMILES string of the molecule is COc1ccc(Br)c(C(=O)N2CCCc3c(C)ccc(OC)c32)c1. The Morgan fingerprint density at radius 3 is 2.67 bits per heavy atom. The fourth-order valence-corrected chi connectivity index (χ4v) is 3.58. The summed E-state index contributed by atoms with van der Waals surface area (Å²) >= 11 is 3.48. The van der Waals surface area contributed by atoms with Crippen molar-refractivity contribution < 1.29 is 14.3 Å². The zero-order valence-electron chi connectivity index (χ0n) is 14.1. The number of halogens is 1. The Kier molecular flexibility index (Phi) is 4.81. The Morgan fingerprint density at radius 2 is 1.96 bits per heavy atom. The van der Waals surface area contributed by atoms with E-state index < -0.39 is 0 Å². The van der Waals surface area contributed by atoms with Gasteiger partial charge in [0.1, 0.15) is 11.5 Å². The highest BCUT2D eigenvalue weighted by molar-refractivity contribution is 9.10. The number of hydrogen-bond acceptors (Lipinski definition) is 3. The molecule has 1 aliphatic rings. The maximum atomic E-state index is 13.2. The number of rotatable bonds is 3. The molecule has 5 heteroatoms. The first-order chi connectivity index (χ1) is 11.6. The third-order valence-corrected chi connectivity index (χ3v) is 5.12. The molecule has 4 nitrogen and oxygen atoms in total. The first-order valence-electron chi connectivity index (χ1n) is 7.88. The van der Waals surface area contributed by atoms with E-state index in [1.807, 2.05) is 29.2 Å². The van der Waals surface area contributed by atoms with Crippen LogP contribution in [0.2, 0.25) is 0 Å². The van der Waals surface area contributed by atoms with Crippen molar-refractivity contribution in [3.8, 4) is 11.5 Å². The van der Waals surface area contributed by atoms with Gasteiger partial charge in [0.25, 0.3) is 5.91 Å². The summed E-state index contributed by atoms with van der Waals surface area (Å²) in [7, 11) is 3.24. The Bertz CT molecular complexity index is 788. The normalized spacial score (nSPS) is 13.4. The summed E-state index contributed by atoms with van der Waals surface area (Å²) < 4.78 is 11.5. The molecule has 1 heterocycles. The number of nitrogens with zero attached hydrogens (tertiary/aromatic N) is 1. The van der Waals surface area contributed by atoms with E-state index in [2.05, 4.69) is 22.9 Å². The molecule has 2 aromatic rings. The van der Waals surface area contributed by atoms with Crippen molar-refractivity contribution in [1.29, 1.82) is 0 Å². The molecule has 24 heavy (non-hydrogen) atoms. The van der Waals surface area contributed by atoms with Crippen molar-refractivity contribution in [2.24, 2.45) is 0 Å². The molecule has 0 unspecified atom stereocenters. The molecule has 0 saturated heterocycles. The lowest BCUT2D eigenvalue weighted by Gasteiger charge is -2.32. The summed E-state index contributed by atoms with van der Waals surface area (Å²) in [5.41, 5.74) is 3.86. The molecule has 3 rings (SSSR count). The van der Waals surface area contributed by atoms with E-state index in [-0.39, 0.29) is 5.91 Å². The summed E-state index contributed by atoms with van der Waals surface area (Å²) in [4.78, 5) is 15.0. The smallest absolute Gasteiger partial charge is 0.259 e. The molecule has 0 aromatic heterocycles. The number of carbonyl (C=O) groups is 1. The van der Waals surface area contributed by atoms with Gasteiger partial charge in [0.05, 0.1) is 25.5 Å². The molecule has 1 aliphatic heterocycles. The quantitative estimate of drug-likeness (QED) is 0.782. The lowest BCUT2D eigenvalue weighted by atomic mass is 9.95. The monoisotopic (exact) mass is 389 g/mol. The number of hydrogen-bond donors (Lipinski definition) is 0. The summed E-state index contributed by atoms with van der Waals surface area (Å²) in [6.45, 7) is 2.75. The van der Waals surface area contributed by atoms with E-state index >= 15 is 0 Å². The van der Waals surface area contributed by atoms with Gasteiger partial charge in [-0.15, -0.1) is 0 Å². The van der Waals surface area contributed by atoms with Gasteiger partial charge in [0, 0.05) is 11.0 Å². The second-order valence-corrected chi connectivity index (χ2v) is 6.67. The number of anilines is 1. The number of aryl methyl sites for hydroxylation is 1. The summed E-state index contributed by atoms with van der Waals surface area (Å²) in [5, 5.41) is 0. The number of benzene rings is 2. The molecule has 1 amide bonds. The van der Waals surface area contributed by atoms with Gasteiger partial charge >= 0.3 is 0 Å². The molecule has 0 saturated carbocycles. The van der Waals surface area contributed by atoms with Crippen LogP contribution >= 0.6 is 15.9 Å². The van der Waals surface area contributed by atoms with Crippen molar-refractivity contribution in [2.75, 3.05) is 25.7 Å². The van der Waals surface area contributed by atoms with Crippen molar-refractivity contribution >= 4 is 27.5 Å². The van der Waals surface area contributed by atoms with Crippen LogP contribution in [0.4, 0.5) is 5.69 Å². The molecule has 0 radical (unpaired) electrons. The molecule has 0 spiro atoms. The standard InChI is InChI=1S/C19H20BrNO3/c1-12-6-9-17(24-3)18-14(12)5-4-10-21(18)19(22)15-11-13(23-2)7-8-16(15)20/h6-9,11H,4-5,10H2,1-3H3. The molecular weight excluding hydrogens is 370 g/mol. The zero-order chi connectivity index (χ0) is 17.3. The number of ether oxygens (including phenoxy) is 2. The van der Waals surface area contributed by atoms with Crippen LogP contribution in [-0.2, 0) is 6.42 Å². The van der Waals surface area contributed by atoms with E-state index in [0.29, 0.717) is 17.9 Å². The van der Waals surface area contributed by atoms with Gasteiger partial charge < -0.3 is 14.4 Å². The molecule has 0 N–H and O–H groups in total. The van der Waals surface area contributed by atoms with E-state index in [1.165, 1.54) is 11.1 Å². The molecule has 0 fully saturated rings. The van der Waals surface area contributed by atoms with Crippen molar-refractivity contribution in [3.63, 3.8) is 0 Å². The van der Waals surface area contributed by atoms with Crippen LogP contribution in [-0.4, -0.2) is 26.7 Å². The second-order valence-electron chi connectivity index (χ2n) is 5.82. The van der Waals surface area contributed by atoms with Crippen LogP contribution in [0.15, 0.2) is 34.8 Å². The van der Waals surface area contributed by atoms with E-state index in [9.17, 15) is 4.79 Å². The van der Waals surface area contributed by atoms with E-state index in [4.69, 9.17) is 9.47 Å². The van der Waals surface area contributed by atoms with Crippen LogP contribution < -0.4 is 14.4 Å². The topological polar surface area (TPSA) is 38.8 Å². The highest BCUT2D eigenvalue weighted by Gasteiger charge is 2.29. The fraction of sp³-hybridized carbons (Fsp3) is 0.316. The predicted molar refractivity (Wildman–Crippen MR) is 98.4 cm³/mol. The van der Waals surface area contributed by atoms with Crippen LogP contribution in [0.3, 0.4) is 0 Å². The minimum atomic E-state index is -0.0503. The van der Waals surface area contributed by atoms with Crippen molar-refractivity contribution in [1.82, 2.24) is 0 Å². The van der Waals surface area contributed by atoms with Crippen LogP contribution in [0, 0.1) is 6.92 Å². The highest BCUT2D eigenvalue weighted by Crippen LogP contribution is 2.39. The summed E-state index contributed by atoms with van der Waals surface area (Å²) in [6.07, 6.45) is 1.90. The minimum absolute atomic E-state index is 0.0503. The Morgan fingerprint density at radius 1 is 1.17 bits per heavy atom. The Balaban J connectivity index is 2.10.